The number of ether oxygens (including phenoxy) is 1. The van der Waals surface area contributed by atoms with Gasteiger partial charge in [0, 0.05) is 36.5 Å². The smallest absolute Gasteiger partial charge is 0.311 e. The molecule has 1 saturated heterocycles. The number of aliphatic carboxylic acids is 1. The Labute approximate surface area is 113 Å². The molecule has 0 radical (unpaired) electrons. The fraction of sp³-hybridized carbons (Fsp3) is 0.571. The average molecular weight is 264 g/mol. The molecule has 1 unspecified atom stereocenters. The number of pyridine rings is 1. The SMILES string of the molecule is COc1cc(C)nc(CC2(C(=O)O)CCCNC2)c1. The van der Waals surface area contributed by atoms with Crippen molar-refractivity contribution in [1.82, 2.24) is 10.3 Å². The van der Waals surface area contributed by atoms with E-state index in [1.807, 2.05) is 19.1 Å². The summed E-state index contributed by atoms with van der Waals surface area (Å²) in [5, 5.41) is 12.7. The maximum atomic E-state index is 11.6. The number of rotatable bonds is 4. The Balaban J connectivity index is 2.26. The van der Waals surface area contributed by atoms with Gasteiger partial charge in [0.1, 0.15) is 5.75 Å². The number of aromatic nitrogens is 1. The van der Waals surface area contributed by atoms with E-state index in [9.17, 15) is 9.90 Å². The molecule has 1 fully saturated rings. The van der Waals surface area contributed by atoms with E-state index in [1.54, 1.807) is 7.11 Å². The Morgan fingerprint density at radius 1 is 1.58 bits per heavy atom. The third kappa shape index (κ3) is 3.04. The van der Waals surface area contributed by atoms with Gasteiger partial charge in [-0.2, -0.15) is 0 Å². The number of aryl methyl sites for hydroxylation is 1. The van der Waals surface area contributed by atoms with E-state index in [4.69, 9.17) is 4.74 Å². The summed E-state index contributed by atoms with van der Waals surface area (Å²) in [5.41, 5.74) is 0.881. The number of carboxylic acid groups (broad SMARTS) is 1. The molecule has 104 valence electrons. The van der Waals surface area contributed by atoms with E-state index >= 15 is 0 Å². The molecule has 1 aromatic rings. The Bertz CT molecular complexity index is 468. The van der Waals surface area contributed by atoms with Gasteiger partial charge in [-0.15, -0.1) is 0 Å². The summed E-state index contributed by atoms with van der Waals surface area (Å²) in [6.07, 6.45) is 2.01. The molecule has 19 heavy (non-hydrogen) atoms. The van der Waals surface area contributed by atoms with Crippen molar-refractivity contribution in [2.45, 2.75) is 26.2 Å². The van der Waals surface area contributed by atoms with Gasteiger partial charge in [0.25, 0.3) is 0 Å². The van der Waals surface area contributed by atoms with Crippen LogP contribution in [0.1, 0.15) is 24.2 Å². The van der Waals surface area contributed by atoms with Crippen LogP contribution in [0, 0.1) is 12.3 Å². The molecular weight excluding hydrogens is 244 g/mol. The molecule has 0 saturated carbocycles. The highest BCUT2D eigenvalue weighted by atomic mass is 16.5. The number of piperidine rings is 1. The summed E-state index contributed by atoms with van der Waals surface area (Å²) in [5.74, 6) is -0.0196. The zero-order valence-electron chi connectivity index (χ0n) is 11.4. The normalized spacial score (nSPS) is 23.1. The lowest BCUT2D eigenvalue weighted by atomic mass is 9.77. The molecule has 2 rings (SSSR count). The topological polar surface area (TPSA) is 71.5 Å². The summed E-state index contributed by atoms with van der Waals surface area (Å²) in [7, 11) is 1.60. The van der Waals surface area contributed by atoms with E-state index < -0.39 is 11.4 Å². The highest BCUT2D eigenvalue weighted by Crippen LogP contribution is 2.31. The molecule has 1 aromatic heterocycles. The zero-order chi connectivity index (χ0) is 13.9. The number of nitrogens with one attached hydrogen (secondary N) is 1. The number of nitrogens with zero attached hydrogens (tertiary/aromatic N) is 1. The standard InChI is InChI=1S/C14H20N2O3/c1-10-6-12(19-2)7-11(16-10)8-14(13(17)18)4-3-5-15-9-14/h6-7,15H,3-5,8-9H2,1-2H3,(H,17,18). The molecule has 5 heteroatoms. The maximum absolute atomic E-state index is 11.6. The van der Waals surface area contributed by atoms with Gasteiger partial charge in [0.2, 0.25) is 0 Å². The molecular formula is C14H20N2O3. The van der Waals surface area contributed by atoms with Crippen molar-refractivity contribution in [3.8, 4) is 5.75 Å². The van der Waals surface area contributed by atoms with Crippen molar-refractivity contribution >= 4 is 5.97 Å². The van der Waals surface area contributed by atoms with Crippen LogP contribution in [0.2, 0.25) is 0 Å². The minimum absolute atomic E-state index is 0.438. The third-order valence-corrected chi connectivity index (χ3v) is 3.66. The summed E-state index contributed by atoms with van der Waals surface area (Å²) < 4.78 is 5.22. The van der Waals surface area contributed by atoms with Crippen molar-refractivity contribution < 1.29 is 14.6 Å². The van der Waals surface area contributed by atoms with Crippen LogP contribution in [-0.4, -0.2) is 36.3 Å². The molecule has 2 heterocycles. The Kier molecular flexibility index (Phi) is 4.04. The van der Waals surface area contributed by atoms with Crippen molar-refractivity contribution in [1.29, 1.82) is 0 Å². The van der Waals surface area contributed by atoms with Crippen LogP contribution in [0.4, 0.5) is 0 Å². The van der Waals surface area contributed by atoms with Crippen molar-refractivity contribution in [3.63, 3.8) is 0 Å². The lowest BCUT2D eigenvalue weighted by Crippen LogP contribution is -2.47. The summed E-state index contributed by atoms with van der Waals surface area (Å²) in [6, 6.07) is 3.67. The van der Waals surface area contributed by atoms with Crippen LogP contribution >= 0.6 is 0 Å². The lowest BCUT2D eigenvalue weighted by Gasteiger charge is -2.33. The second-order valence-electron chi connectivity index (χ2n) is 5.18. The van der Waals surface area contributed by atoms with E-state index in [-0.39, 0.29) is 0 Å². The van der Waals surface area contributed by atoms with Crippen molar-refractivity contribution in [2.24, 2.45) is 5.41 Å². The van der Waals surface area contributed by atoms with E-state index in [2.05, 4.69) is 10.3 Å². The zero-order valence-corrected chi connectivity index (χ0v) is 11.4. The largest absolute Gasteiger partial charge is 0.497 e. The molecule has 0 amide bonds. The number of methoxy groups -OCH3 is 1. The molecule has 0 spiro atoms. The monoisotopic (exact) mass is 264 g/mol. The van der Waals surface area contributed by atoms with Crippen LogP contribution in [0.15, 0.2) is 12.1 Å². The highest BCUT2D eigenvalue weighted by Gasteiger charge is 2.40. The first kappa shape index (κ1) is 13.8. The van der Waals surface area contributed by atoms with E-state index in [0.717, 1.165) is 30.1 Å². The molecule has 1 atom stereocenters. The molecule has 1 aliphatic heterocycles. The minimum atomic E-state index is -0.748. The summed E-state index contributed by atoms with van der Waals surface area (Å²) in [6.45, 7) is 3.28. The van der Waals surface area contributed by atoms with Gasteiger partial charge in [0.15, 0.2) is 0 Å². The van der Waals surface area contributed by atoms with Crippen molar-refractivity contribution in [3.05, 3.63) is 23.5 Å². The average Bonchev–Trinajstić information content (AvgIpc) is 2.38. The maximum Gasteiger partial charge on any atom is 0.311 e. The van der Waals surface area contributed by atoms with E-state index in [1.165, 1.54) is 0 Å². The van der Waals surface area contributed by atoms with Crippen LogP contribution in [0.5, 0.6) is 5.75 Å². The van der Waals surface area contributed by atoms with Crippen LogP contribution in [0.25, 0.3) is 0 Å². The third-order valence-electron chi connectivity index (χ3n) is 3.66. The molecule has 0 aliphatic carbocycles. The highest BCUT2D eigenvalue weighted by molar-refractivity contribution is 5.75. The Hall–Kier alpha value is -1.62. The van der Waals surface area contributed by atoms with Gasteiger partial charge in [-0.3, -0.25) is 9.78 Å². The molecule has 1 aliphatic rings. The number of carbonyl (C=O) groups is 1. The van der Waals surface area contributed by atoms with Crippen molar-refractivity contribution in [2.75, 3.05) is 20.2 Å². The lowest BCUT2D eigenvalue weighted by molar-refractivity contribution is -0.150. The number of hydrogen-bond donors (Lipinski definition) is 2. The van der Waals surface area contributed by atoms with Crippen LogP contribution < -0.4 is 10.1 Å². The van der Waals surface area contributed by atoms with Gasteiger partial charge in [0.05, 0.1) is 12.5 Å². The first-order valence-electron chi connectivity index (χ1n) is 6.51. The number of hydrogen-bond acceptors (Lipinski definition) is 4. The first-order chi connectivity index (χ1) is 9.05. The van der Waals surface area contributed by atoms with Crippen LogP contribution in [-0.2, 0) is 11.2 Å². The van der Waals surface area contributed by atoms with Gasteiger partial charge in [-0.1, -0.05) is 0 Å². The Morgan fingerprint density at radius 3 is 2.95 bits per heavy atom. The van der Waals surface area contributed by atoms with E-state index in [0.29, 0.717) is 19.4 Å². The first-order valence-corrected chi connectivity index (χ1v) is 6.51. The quantitative estimate of drug-likeness (QED) is 0.860. The molecule has 2 N–H and O–H groups in total. The van der Waals surface area contributed by atoms with Crippen LogP contribution in [0.3, 0.4) is 0 Å². The fourth-order valence-electron chi connectivity index (χ4n) is 2.63. The second kappa shape index (κ2) is 5.57. The van der Waals surface area contributed by atoms with Gasteiger partial charge >= 0.3 is 5.97 Å². The molecule has 0 bridgehead atoms. The minimum Gasteiger partial charge on any atom is -0.497 e. The predicted molar refractivity (Wildman–Crippen MR) is 71.4 cm³/mol. The molecule has 0 aromatic carbocycles. The van der Waals surface area contributed by atoms with Gasteiger partial charge in [-0.05, 0) is 26.3 Å². The summed E-state index contributed by atoms with van der Waals surface area (Å²) >= 11 is 0. The second-order valence-corrected chi connectivity index (χ2v) is 5.18. The summed E-state index contributed by atoms with van der Waals surface area (Å²) in [4.78, 5) is 16.1. The molecule has 5 nitrogen and oxygen atoms in total. The predicted octanol–water partition coefficient (Wildman–Crippen LogP) is 1.40. The fourth-order valence-corrected chi connectivity index (χ4v) is 2.63. The van der Waals surface area contributed by atoms with Gasteiger partial charge < -0.3 is 15.2 Å². The number of carboxylic acids is 1. The van der Waals surface area contributed by atoms with Gasteiger partial charge in [-0.25, -0.2) is 0 Å². The Morgan fingerprint density at radius 2 is 2.37 bits per heavy atom.